The molecule has 0 saturated carbocycles. The molecule has 0 bridgehead atoms. The number of aliphatic hydroxyl groups excluding tert-OH is 1. The molecule has 4 N–H and O–H groups in total. The average Bonchev–Trinajstić information content (AvgIpc) is 3.01. The highest BCUT2D eigenvalue weighted by molar-refractivity contribution is 9.10. The maximum absolute atomic E-state index is 15.5. The Bertz CT molecular complexity index is 1190. The van der Waals surface area contributed by atoms with Gasteiger partial charge in [-0.25, -0.2) is 18.8 Å². The number of Topliss-reactive ketones (excluding diaryl/α,β-unsaturated/α-hetero) is 1. The number of hydrogen-bond donors (Lipinski definition) is 3. The Hall–Kier alpha value is -2.15. The second kappa shape index (κ2) is 11.1. The number of ketones is 1. The Kier molecular flexibility index (Phi) is 8.74. The van der Waals surface area contributed by atoms with Gasteiger partial charge in [-0.2, -0.15) is 4.98 Å². The van der Waals surface area contributed by atoms with E-state index in [9.17, 15) is 19.3 Å². The summed E-state index contributed by atoms with van der Waals surface area (Å²) in [4.78, 5) is 27.9. The van der Waals surface area contributed by atoms with E-state index in [2.05, 4.69) is 26.0 Å². The highest BCUT2D eigenvalue weighted by Crippen LogP contribution is 2.48. The van der Waals surface area contributed by atoms with Crippen LogP contribution in [-0.4, -0.2) is 51.0 Å². The fourth-order valence-electron chi connectivity index (χ4n) is 3.73. The molecule has 198 valence electrons. The van der Waals surface area contributed by atoms with Crippen molar-refractivity contribution in [1.29, 1.82) is 0 Å². The van der Waals surface area contributed by atoms with Crippen molar-refractivity contribution in [1.82, 2.24) is 14.6 Å². The van der Waals surface area contributed by atoms with Gasteiger partial charge in [0.15, 0.2) is 11.9 Å². The summed E-state index contributed by atoms with van der Waals surface area (Å²) in [5.41, 5.74) is 2.19. The SMILES string of the molecule is CC(=O)[C@@H](NP(=O)(OC[C@H]1O[C@@H](n2ccc(N)nc2=O)[C@](C)(F)[C@@H]1O)Oc1ccc(Br)cc1)C(C)C. The van der Waals surface area contributed by atoms with Gasteiger partial charge in [-0.3, -0.25) is 13.9 Å². The number of benzene rings is 1. The van der Waals surface area contributed by atoms with Crippen molar-refractivity contribution in [3.8, 4) is 5.75 Å². The minimum absolute atomic E-state index is 0.0579. The number of carbonyl (C=O) groups excluding carboxylic acids is 1. The van der Waals surface area contributed by atoms with Crippen LogP contribution < -0.4 is 21.0 Å². The lowest BCUT2D eigenvalue weighted by Gasteiger charge is -2.27. The zero-order chi connectivity index (χ0) is 26.8. The van der Waals surface area contributed by atoms with Gasteiger partial charge in [0.2, 0.25) is 0 Å². The molecule has 1 aliphatic heterocycles. The van der Waals surface area contributed by atoms with E-state index in [1.165, 1.54) is 31.3 Å². The van der Waals surface area contributed by atoms with Gasteiger partial charge in [-0.05, 0) is 50.1 Å². The number of aromatic nitrogens is 2. The monoisotopic (exact) mass is 590 g/mol. The first kappa shape index (κ1) is 28.4. The van der Waals surface area contributed by atoms with Crippen LogP contribution in [0.2, 0.25) is 0 Å². The Morgan fingerprint density at radius 1 is 1.39 bits per heavy atom. The van der Waals surface area contributed by atoms with Gasteiger partial charge in [-0.1, -0.05) is 29.8 Å². The smallest absolute Gasteiger partial charge is 0.413 e. The van der Waals surface area contributed by atoms with E-state index < -0.39 is 50.2 Å². The van der Waals surface area contributed by atoms with Crippen LogP contribution >= 0.6 is 23.7 Å². The topological polar surface area (TPSA) is 155 Å². The Labute approximate surface area is 215 Å². The average molecular weight is 591 g/mol. The van der Waals surface area contributed by atoms with Gasteiger partial charge in [-0.15, -0.1) is 0 Å². The minimum Gasteiger partial charge on any atom is -0.413 e. The second-order valence-electron chi connectivity index (χ2n) is 8.97. The number of nitrogen functional groups attached to an aromatic ring is 1. The number of aliphatic hydroxyl groups is 1. The van der Waals surface area contributed by atoms with Gasteiger partial charge in [0.1, 0.15) is 29.6 Å². The molecule has 1 aliphatic rings. The predicted molar refractivity (Wildman–Crippen MR) is 133 cm³/mol. The second-order valence-corrected chi connectivity index (χ2v) is 11.6. The molecule has 2 heterocycles. The molecule has 1 saturated heterocycles. The Morgan fingerprint density at radius 2 is 2.03 bits per heavy atom. The van der Waals surface area contributed by atoms with Crippen molar-refractivity contribution in [3.63, 3.8) is 0 Å². The third-order valence-electron chi connectivity index (χ3n) is 5.67. The summed E-state index contributed by atoms with van der Waals surface area (Å²) < 4.78 is 47.6. The number of hydrogen-bond acceptors (Lipinski definition) is 9. The normalized spacial score (nSPS) is 26.5. The van der Waals surface area contributed by atoms with E-state index in [-0.39, 0.29) is 23.3 Å². The molecule has 0 radical (unpaired) electrons. The summed E-state index contributed by atoms with van der Waals surface area (Å²) in [6, 6.07) is 6.80. The molecule has 1 fully saturated rings. The van der Waals surface area contributed by atoms with Crippen LogP contribution in [0.15, 0.2) is 45.8 Å². The minimum atomic E-state index is -4.25. The molecule has 0 spiro atoms. The van der Waals surface area contributed by atoms with E-state index >= 15 is 4.39 Å². The molecule has 6 atom stereocenters. The zero-order valence-corrected chi connectivity index (χ0v) is 22.6. The van der Waals surface area contributed by atoms with Gasteiger partial charge < -0.3 is 20.1 Å². The number of anilines is 1. The zero-order valence-electron chi connectivity index (χ0n) is 20.1. The molecule has 14 heteroatoms. The number of rotatable bonds is 10. The summed E-state index contributed by atoms with van der Waals surface area (Å²) in [5.74, 6) is -0.431. The van der Waals surface area contributed by atoms with Gasteiger partial charge in [0.25, 0.3) is 0 Å². The molecule has 36 heavy (non-hydrogen) atoms. The first-order valence-electron chi connectivity index (χ1n) is 11.1. The van der Waals surface area contributed by atoms with Crippen molar-refractivity contribution >= 4 is 35.3 Å². The Morgan fingerprint density at radius 3 is 2.58 bits per heavy atom. The number of nitrogens with zero attached hydrogens (tertiary/aromatic N) is 2. The van der Waals surface area contributed by atoms with Crippen LogP contribution in [-0.2, 0) is 18.6 Å². The van der Waals surface area contributed by atoms with Crippen LogP contribution in [0.4, 0.5) is 10.2 Å². The van der Waals surface area contributed by atoms with Gasteiger partial charge in [0.05, 0.1) is 12.6 Å². The third kappa shape index (κ3) is 6.39. The lowest BCUT2D eigenvalue weighted by atomic mass is 9.98. The van der Waals surface area contributed by atoms with Crippen molar-refractivity contribution < 1.29 is 32.6 Å². The number of alkyl halides is 1. The number of carbonyl (C=O) groups is 1. The molecular weight excluding hydrogens is 562 g/mol. The van der Waals surface area contributed by atoms with Crippen molar-refractivity contribution in [2.45, 2.75) is 57.8 Å². The Balaban J connectivity index is 1.84. The highest BCUT2D eigenvalue weighted by Gasteiger charge is 2.56. The number of nitrogens with one attached hydrogen (secondary N) is 1. The molecule has 0 amide bonds. The van der Waals surface area contributed by atoms with E-state index in [0.717, 1.165) is 16.0 Å². The molecule has 3 rings (SSSR count). The summed E-state index contributed by atoms with van der Waals surface area (Å²) in [5, 5.41) is 13.3. The van der Waals surface area contributed by atoms with Crippen LogP contribution in [0.25, 0.3) is 0 Å². The molecule has 1 aromatic carbocycles. The van der Waals surface area contributed by atoms with E-state index in [1.54, 1.807) is 26.0 Å². The lowest BCUT2D eigenvalue weighted by Crippen LogP contribution is -2.43. The summed E-state index contributed by atoms with van der Waals surface area (Å²) in [6.07, 6.45) is -3.46. The standard InChI is InChI=1S/C22H29BrFN4O7P/c1-12(2)18(13(3)29)27-36(32,35-15-7-5-14(23)6-8-15)33-11-16-19(30)22(4,24)20(34-16)28-10-9-17(25)26-21(28)31/h5-10,12,16,18-20,30H,11H2,1-4H3,(H,27,32)(H2,25,26,31)/t16-,18+,19-,20-,22-,36?/m1/s1. The van der Waals surface area contributed by atoms with Crippen LogP contribution in [0.1, 0.15) is 33.9 Å². The summed E-state index contributed by atoms with van der Waals surface area (Å²) >= 11 is 3.30. The van der Waals surface area contributed by atoms with E-state index in [4.69, 9.17) is 19.5 Å². The quantitative estimate of drug-likeness (QED) is 0.351. The largest absolute Gasteiger partial charge is 0.459 e. The number of nitrogens with two attached hydrogens (primary N) is 1. The fourth-order valence-corrected chi connectivity index (χ4v) is 5.74. The predicted octanol–water partition coefficient (Wildman–Crippen LogP) is 2.98. The molecule has 1 unspecified atom stereocenters. The van der Waals surface area contributed by atoms with Gasteiger partial charge >= 0.3 is 13.4 Å². The van der Waals surface area contributed by atoms with Crippen LogP contribution in [0, 0.1) is 5.92 Å². The summed E-state index contributed by atoms with van der Waals surface area (Å²) in [7, 11) is -4.25. The lowest BCUT2D eigenvalue weighted by molar-refractivity contribution is -0.119. The molecule has 11 nitrogen and oxygen atoms in total. The molecule has 0 aliphatic carbocycles. The maximum Gasteiger partial charge on any atom is 0.459 e. The number of halogens is 2. The highest BCUT2D eigenvalue weighted by atomic mass is 79.9. The van der Waals surface area contributed by atoms with E-state index in [1.807, 2.05) is 0 Å². The first-order chi connectivity index (χ1) is 16.7. The van der Waals surface area contributed by atoms with Crippen LogP contribution in [0.5, 0.6) is 5.75 Å². The number of ether oxygens (including phenoxy) is 1. The molecule has 2 aromatic rings. The van der Waals surface area contributed by atoms with Crippen LogP contribution in [0.3, 0.4) is 0 Å². The van der Waals surface area contributed by atoms with Crippen molar-refractivity contribution in [3.05, 3.63) is 51.5 Å². The van der Waals surface area contributed by atoms with E-state index in [0.29, 0.717) is 0 Å². The molecule has 1 aromatic heterocycles. The van der Waals surface area contributed by atoms with Crippen molar-refractivity contribution in [2.75, 3.05) is 12.3 Å². The maximum atomic E-state index is 15.5. The summed E-state index contributed by atoms with van der Waals surface area (Å²) in [6.45, 7) is 5.32. The van der Waals surface area contributed by atoms with Crippen molar-refractivity contribution in [2.24, 2.45) is 5.92 Å². The fraction of sp³-hybridized carbons (Fsp3) is 0.500. The molecular formula is C22H29BrFN4O7P. The van der Waals surface area contributed by atoms with Gasteiger partial charge in [0, 0.05) is 10.7 Å². The third-order valence-corrected chi connectivity index (χ3v) is 7.73. The first-order valence-corrected chi connectivity index (χ1v) is 13.4.